The third kappa shape index (κ3) is 2.57. The van der Waals surface area contributed by atoms with Crippen LogP contribution in [0.15, 0.2) is 65.3 Å². The van der Waals surface area contributed by atoms with Crippen LogP contribution >= 0.6 is 0 Å². The van der Waals surface area contributed by atoms with E-state index in [0.717, 1.165) is 11.1 Å². The largest absolute Gasteiger partial charge is 0.384 e. The molecule has 0 aromatic heterocycles. The van der Waals surface area contributed by atoms with E-state index in [0.29, 0.717) is 0 Å². The highest BCUT2D eigenvalue weighted by atomic mass is 16.3. The molecule has 19 heavy (non-hydrogen) atoms. The molecule has 100 valence electrons. The first-order valence-corrected chi connectivity index (χ1v) is 6.74. The fraction of sp³-hybridized carbons (Fsp3) is 0.333. The molecule has 1 nitrogen and oxygen atoms in total. The van der Waals surface area contributed by atoms with E-state index in [1.807, 2.05) is 50.3 Å². The molecule has 0 saturated carbocycles. The molecular formula is C18H22O. The van der Waals surface area contributed by atoms with E-state index < -0.39 is 6.10 Å². The van der Waals surface area contributed by atoms with Crippen molar-refractivity contribution in [2.45, 2.75) is 39.2 Å². The number of allylic oxidation sites excluding steroid dienone is 3. The maximum Gasteiger partial charge on any atom is 0.101 e. The molecule has 1 aromatic rings. The molecule has 0 radical (unpaired) electrons. The van der Waals surface area contributed by atoms with Gasteiger partial charge in [0.1, 0.15) is 6.10 Å². The van der Waals surface area contributed by atoms with E-state index in [1.54, 1.807) is 0 Å². The predicted molar refractivity (Wildman–Crippen MR) is 81.1 cm³/mol. The van der Waals surface area contributed by atoms with Gasteiger partial charge in [-0.25, -0.2) is 0 Å². The Morgan fingerprint density at radius 2 is 1.74 bits per heavy atom. The molecular weight excluding hydrogens is 232 g/mol. The summed E-state index contributed by atoms with van der Waals surface area (Å²) in [6.07, 6.45) is 5.58. The minimum Gasteiger partial charge on any atom is -0.384 e. The van der Waals surface area contributed by atoms with Crippen molar-refractivity contribution >= 4 is 0 Å². The molecule has 1 aromatic carbocycles. The maximum atomic E-state index is 10.6. The van der Waals surface area contributed by atoms with Crippen LogP contribution < -0.4 is 0 Å². The lowest BCUT2D eigenvalue weighted by atomic mass is 9.72. The van der Waals surface area contributed by atoms with Gasteiger partial charge in [0.05, 0.1) is 0 Å². The lowest BCUT2D eigenvalue weighted by Crippen LogP contribution is -2.31. The van der Waals surface area contributed by atoms with Crippen LogP contribution in [-0.2, 0) is 5.41 Å². The summed E-state index contributed by atoms with van der Waals surface area (Å²) in [5.41, 5.74) is 4.28. The standard InChI is InChI=1S/C18H22O/c1-13(2)15-11-8-12-16(17(15)19)18(3,4)14-9-6-5-7-10-14/h5-12,17,19H,1-4H3. The second-order valence-corrected chi connectivity index (χ2v) is 5.83. The summed E-state index contributed by atoms with van der Waals surface area (Å²) in [5.74, 6) is 0. The average molecular weight is 254 g/mol. The fourth-order valence-corrected chi connectivity index (χ4v) is 2.62. The number of aliphatic hydroxyl groups is 1. The van der Waals surface area contributed by atoms with Gasteiger partial charge < -0.3 is 5.11 Å². The molecule has 2 rings (SSSR count). The molecule has 0 saturated heterocycles. The van der Waals surface area contributed by atoms with Gasteiger partial charge in [-0.2, -0.15) is 0 Å². The molecule has 1 aliphatic rings. The second-order valence-electron chi connectivity index (χ2n) is 5.83. The highest BCUT2D eigenvalue weighted by Gasteiger charge is 2.32. The van der Waals surface area contributed by atoms with Crippen molar-refractivity contribution in [2.24, 2.45) is 0 Å². The highest BCUT2D eigenvalue weighted by Crippen LogP contribution is 2.37. The summed E-state index contributed by atoms with van der Waals surface area (Å²) in [6, 6.07) is 10.4. The molecule has 1 atom stereocenters. The zero-order valence-electron chi connectivity index (χ0n) is 12.1. The van der Waals surface area contributed by atoms with Crippen molar-refractivity contribution < 1.29 is 5.11 Å². The molecule has 0 spiro atoms. The molecule has 1 N–H and O–H groups in total. The lowest BCUT2D eigenvalue weighted by Gasteiger charge is -2.34. The Hall–Kier alpha value is -1.60. The zero-order chi connectivity index (χ0) is 14.0. The van der Waals surface area contributed by atoms with Crippen molar-refractivity contribution in [3.8, 4) is 0 Å². The Morgan fingerprint density at radius 3 is 2.32 bits per heavy atom. The fourth-order valence-electron chi connectivity index (χ4n) is 2.62. The number of benzene rings is 1. The van der Waals surface area contributed by atoms with Crippen LogP contribution in [-0.4, -0.2) is 11.2 Å². The third-order valence-corrected chi connectivity index (χ3v) is 3.94. The highest BCUT2D eigenvalue weighted by molar-refractivity contribution is 5.48. The van der Waals surface area contributed by atoms with E-state index in [2.05, 4.69) is 26.0 Å². The van der Waals surface area contributed by atoms with Crippen LogP contribution in [0.25, 0.3) is 0 Å². The number of hydrogen-bond donors (Lipinski definition) is 1. The normalized spacial score (nSPS) is 19.3. The van der Waals surface area contributed by atoms with Gasteiger partial charge in [-0.05, 0) is 30.6 Å². The van der Waals surface area contributed by atoms with Crippen LogP contribution in [0, 0.1) is 0 Å². The van der Waals surface area contributed by atoms with Crippen LogP contribution in [0.5, 0.6) is 0 Å². The third-order valence-electron chi connectivity index (χ3n) is 3.94. The van der Waals surface area contributed by atoms with E-state index in [-0.39, 0.29) is 5.41 Å². The number of rotatable bonds is 2. The van der Waals surface area contributed by atoms with Gasteiger partial charge in [-0.1, -0.05) is 68.0 Å². The molecule has 0 aliphatic heterocycles. The number of hydrogen-bond acceptors (Lipinski definition) is 1. The van der Waals surface area contributed by atoms with E-state index in [4.69, 9.17) is 0 Å². The van der Waals surface area contributed by atoms with Gasteiger partial charge >= 0.3 is 0 Å². The van der Waals surface area contributed by atoms with Crippen molar-refractivity contribution in [3.63, 3.8) is 0 Å². The van der Waals surface area contributed by atoms with Gasteiger partial charge in [-0.3, -0.25) is 0 Å². The van der Waals surface area contributed by atoms with Crippen LogP contribution in [0.4, 0.5) is 0 Å². The molecule has 0 bridgehead atoms. The van der Waals surface area contributed by atoms with Gasteiger partial charge in [0.2, 0.25) is 0 Å². The summed E-state index contributed by atoms with van der Waals surface area (Å²) in [5, 5.41) is 10.6. The summed E-state index contributed by atoms with van der Waals surface area (Å²) in [6.45, 7) is 8.42. The van der Waals surface area contributed by atoms with E-state index in [9.17, 15) is 5.11 Å². The molecule has 1 aliphatic carbocycles. The van der Waals surface area contributed by atoms with Crippen LogP contribution in [0.2, 0.25) is 0 Å². The SMILES string of the molecule is CC(C)=C1C=CC=C(C(C)(C)c2ccccc2)C1O. The molecule has 0 fully saturated rings. The Kier molecular flexibility index (Phi) is 3.77. The topological polar surface area (TPSA) is 20.2 Å². The smallest absolute Gasteiger partial charge is 0.101 e. The van der Waals surface area contributed by atoms with Crippen LogP contribution in [0.3, 0.4) is 0 Å². The number of aliphatic hydroxyl groups excluding tert-OH is 1. The average Bonchev–Trinajstić information content (AvgIpc) is 2.39. The van der Waals surface area contributed by atoms with E-state index in [1.165, 1.54) is 11.1 Å². The minimum atomic E-state index is -0.509. The Labute approximate surface area is 116 Å². The van der Waals surface area contributed by atoms with Crippen molar-refractivity contribution in [2.75, 3.05) is 0 Å². The van der Waals surface area contributed by atoms with Gasteiger partial charge in [-0.15, -0.1) is 0 Å². The van der Waals surface area contributed by atoms with Gasteiger partial charge in [0, 0.05) is 5.41 Å². The lowest BCUT2D eigenvalue weighted by molar-refractivity contribution is 0.230. The first kappa shape index (κ1) is 13.8. The molecule has 1 unspecified atom stereocenters. The zero-order valence-corrected chi connectivity index (χ0v) is 12.1. The summed E-state index contributed by atoms with van der Waals surface area (Å²) < 4.78 is 0. The maximum absolute atomic E-state index is 10.6. The summed E-state index contributed by atoms with van der Waals surface area (Å²) in [7, 11) is 0. The first-order valence-electron chi connectivity index (χ1n) is 6.74. The second kappa shape index (κ2) is 5.18. The molecule has 0 amide bonds. The quantitative estimate of drug-likeness (QED) is 0.840. The summed E-state index contributed by atoms with van der Waals surface area (Å²) in [4.78, 5) is 0. The van der Waals surface area contributed by atoms with Crippen LogP contribution in [0.1, 0.15) is 33.3 Å². The van der Waals surface area contributed by atoms with E-state index >= 15 is 0 Å². The summed E-state index contributed by atoms with van der Waals surface area (Å²) >= 11 is 0. The molecule has 0 heterocycles. The monoisotopic (exact) mass is 254 g/mol. The Balaban J connectivity index is 2.45. The minimum absolute atomic E-state index is 0.174. The van der Waals surface area contributed by atoms with Crippen molar-refractivity contribution in [1.29, 1.82) is 0 Å². The Morgan fingerprint density at radius 1 is 1.11 bits per heavy atom. The van der Waals surface area contributed by atoms with Crippen molar-refractivity contribution in [1.82, 2.24) is 0 Å². The molecule has 1 heteroatoms. The predicted octanol–water partition coefficient (Wildman–Crippen LogP) is 4.16. The van der Waals surface area contributed by atoms with Gasteiger partial charge in [0.15, 0.2) is 0 Å². The Bertz CT molecular complexity index is 540. The van der Waals surface area contributed by atoms with Crippen molar-refractivity contribution in [3.05, 3.63) is 70.8 Å². The van der Waals surface area contributed by atoms with Gasteiger partial charge in [0.25, 0.3) is 0 Å². The first-order chi connectivity index (χ1) is 8.94.